The van der Waals surface area contributed by atoms with Gasteiger partial charge in [-0.3, -0.25) is 4.79 Å². The maximum atomic E-state index is 12.8. The van der Waals surface area contributed by atoms with Crippen LogP contribution in [-0.2, 0) is 11.2 Å². The fourth-order valence-corrected chi connectivity index (χ4v) is 4.02. The van der Waals surface area contributed by atoms with Gasteiger partial charge in [-0.1, -0.05) is 60.2 Å². The van der Waals surface area contributed by atoms with Crippen LogP contribution >= 0.6 is 0 Å². The lowest BCUT2D eigenvalue weighted by atomic mass is 10.0. The molecule has 1 saturated heterocycles. The Kier molecular flexibility index (Phi) is 6.31. The van der Waals surface area contributed by atoms with E-state index in [1.165, 1.54) is 11.1 Å². The highest BCUT2D eigenvalue weighted by molar-refractivity contribution is 5.77. The Morgan fingerprint density at radius 2 is 1.81 bits per heavy atom. The first-order valence-corrected chi connectivity index (χ1v) is 10.9. The third-order valence-electron chi connectivity index (χ3n) is 5.91. The zero-order valence-corrected chi connectivity index (χ0v) is 18.6. The summed E-state index contributed by atoms with van der Waals surface area (Å²) in [5.41, 5.74) is 5.48. The molecule has 0 saturated carbocycles. The largest absolute Gasteiger partial charge is 0.347 e. The summed E-state index contributed by atoms with van der Waals surface area (Å²) >= 11 is 0. The number of anilines is 1. The predicted molar refractivity (Wildman–Crippen MR) is 125 cm³/mol. The number of aryl methyl sites for hydroxylation is 2. The molecule has 1 fully saturated rings. The molecule has 1 unspecified atom stereocenters. The van der Waals surface area contributed by atoms with Gasteiger partial charge in [0, 0.05) is 45.1 Å². The molecule has 5 nitrogen and oxygen atoms in total. The monoisotopic (exact) mass is 414 g/mol. The van der Waals surface area contributed by atoms with Gasteiger partial charge in [0.05, 0.1) is 11.4 Å². The molecule has 2 aromatic carbocycles. The van der Waals surface area contributed by atoms with Crippen LogP contribution in [0.2, 0.25) is 0 Å². The number of hydrogen-bond donors (Lipinski definition) is 0. The van der Waals surface area contributed by atoms with Crippen molar-refractivity contribution in [2.24, 2.45) is 0 Å². The van der Waals surface area contributed by atoms with E-state index in [4.69, 9.17) is 9.97 Å². The van der Waals surface area contributed by atoms with Crippen molar-refractivity contribution in [3.05, 3.63) is 77.5 Å². The van der Waals surface area contributed by atoms with Gasteiger partial charge in [-0.25, -0.2) is 9.97 Å². The first kappa shape index (κ1) is 21.0. The van der Waals surface area contributed by atoms with Crippen LogP contribution in [0.25, 0.3) is 11.3 Å². The van der Waals surface area contributed by atoms with Crippen LogP contribution in [-0.4, -0.2) is 48.0 Å². The van der Waals surface area contributed by atoms with Crippen molar-refractivity contribution < 1.29 is 4.79 Å². The number of amides is 1. The molecular formula is C26H30N4O. The normalized spacial score (nSPS) is 15.8. The number of carbonyl (C=O) groups is 1. The van der Waals surface area contributed by atoms with Gasteiger partial charge in [0.15, 0.2) is 0 Å². The average molecular weight is 415 g/mol. The highest BCUT2D eigenvalue weighted by Gasteiger charge is 2.29. The Morgan fingerprint density at radius 3 is 2.52 bits per heavy atom. The van der Waals surface area contributed by atoms with Crippen LogP contribution in [0.5, 0.6) is 0 Å². The van der Waals surface area contributed by atoms with Crippen molar-refractivity contribution in [1.82, 2.24) is 14.9 Å². The molecule has 0 bridgehead atoms. The average Bonchev–Trinajstić information content (AvgIpc) is 3.29. The van der Waals surface area contributed by atoms with Crippen molar-refractivity contribution in [2.45, 2.75) is 32.1 Å². The molecule has 1 amide bonds. The fourth-order valence-electron chi connectivity index (χ4n) is 4.02. The fraction of sp³-hybridized carbons (Fsp3) is 0.346. The summed E-state index contributed by atoms with van der Waals surface area (Å²) < 4.78 is 0. The first-order chi connectivity index (χ1) is 15.0. The van der Waals surface area contributed by atoms with E-state index < -0.39 is 0 Å². The van der Waals surface area contributed by atoms with Crippen LogP contribution in [0.15, 0.2) is 60.7 Å². The minimum absolute atomic E-state index is 0.229. The number of likely N-dealkylation sites (tertiary alicyclic amines) is 1. The molecule has 1 aromatic heterocycles. The number of aromatic nitrogens is 2. The molecule has 31 heavy (non-hydrogen) atoms. The van der Waals surface area contributed by atoms with Crippen molar-refractivity contribution in [3.8, 4) is 11.3 Å². The standard InChI is InChI=1S/C26H30N4O/c1-19-9-12-21(13-10-19)23-17-24(28-26(27-23)29(2)3)22-15-16-30(18-22)25(31)14-11-20-7-5-4-6-8-20/h4-10,12-13,17,22H,11,14-16,18H2,1-3H3. The van der Waals surface area contributed by atoms with E-state index in [-0.39, 0.29) is 11.8 Å². The van der Waals surface area contributed by atoms with Crippen molar-refractivity contribution >= 4 is 11.9 Å². The van der Waals surface area contributed by atoms with E-state index in [0.29, 0.717) is 12.4 Å². The van der Waals surface area contributed by atoms with Crippen LogP contribution < -0.4 is 4.90 Å². The summed E-state index contributed by atoms with van der Waals surface area (Å²) in [5, 5.41) is 0. The summed E-state index contributed by atoms with van der Waals surface area (Å²) in [4.78, 5) is 26.3. The molecule has 0 aliphatic carbocycles. The minimum atomic E-state index is 0.229. The van der Waals surface area contributed by atoms with E-state index in [0.717, 1.165) is 42.9 Å². The summed E-state index contributed by atoms with van der Waals surface area (Å²) in [6, 6.07) is 20.7. The number of nitrogens with zero attached hydrogens (tertiary/aromatic N) is 4. The second kappa shape index (κ2) is 9.29. The topological polar surface area (TPSA) is 49.3 Å². The van der Waals surface area contributed by atoms with Gasteiger partial charge in [-0.15, -0.1) is 0 Å². The molecule has 0 N–H and O–H groups in total. The van der Waals surface area contributed by atoms with Crippen LogP contribution in [0.1, 0.15) is 35.6 Å². The van der Waals surface area contributed by atoms with E-state index in [1.54, 1.807) is 0 Å². The number of rotatable bonds is 6. The molecule has 160 valence electrons. The van der Waals surface area contributed by atoms with Crippen molar-refractivity contribution in [2.75, 3.05) is 32.1 Å². The van der Waals surface area contributed by atoms with Crippen molar-refractivity contribution in [3.63, 3.8) is 0 Å². The lowest BCUT2D eigenvalue weighted by molar-refractivity contribution is -0.130. The molecule has 1 aliphatic heterocycles. The third-order valence-corrected chi connectivity index (χ3v) is 5.91. The smallest absolute Gasteiger partial charge is 0.225 e. The Morgan fingerprint density at radius 1 is 1.06 bits per heavy atom. The van der Waals surface area contributed by atoms with Gasteiger partial charge in [-0.05, 0) is 31.4 Å². The van der Waals surface area contributed by atoms with Gasteiger partial charge in [0.1, 0.15) is 0 Å². The summed E-state index contributed by atoms with van der Waals surface area (Å²) in [6.45, 7) is 3.60. The zero-order chi connectivity index (χ0) is 21.8. The second-order valence-electron chi connectivity index (χ2n) is 8.55. The number of hydrogen-bond acceptors (Lipinski definition) is 4. The van der Waals surface area contributed by atoms with E-state index >= 15 is 0 Å². The van der Waals surface area contributed by atoms with E-state index in [2.05, 4.69) is 49.4 Å². The predicted octanol–water partition coefficient (Wildman–Crippen LogP) is 4.47. The summed E-state index contributed by atoms with van der Waals surface area (Å²) in [5.74, 6) is 1.18. The molecule has 4 rings (SSSR count). The van der Waals surface area contributed by atoms with Gasteiger partial charge in [0.25, 0.3) is 0 Å². The lowest BCUT2D eigenvalue weighted by Gasteiger charge is -2.18. The van der Waals surface area contributed by atoms with Crippen LogP contribution in [0, 0.1) is 6.92 Å². The van der Waals surface area contributed by atoms with Gasteiger partial charge < -0.3 is 9.80 Å². The third kappa shape index (κ3) is 5.10. The highest BCUT2D eigenvalue weighted by atomic mass is 16.2. The summed E-state index contributed by atoms with van der Waals surface area (Å²) in [6.07, 6.45) is 2.28. The molecule has 1 atom stereocenters. The lowest BCUT2D eigenvalue weighted by Crippen LogP contribution is -2.28. The molecule has 1 aliphatic rings. The Hall–Kier alpha value is -3.21. The van der Waals surface area contributed by atoms with E-state index in [9.17, 15) is 4.79 Å². The summed E-state index contributed by atoms with van der Waals surface area (Å²) in [7, 11) is 3.93. The molecular weight excluding hydrogens is 384 g/mol. The Bertz CT molecular complexity index is 1030. The van der Waals surface area contributed by atoms with Crippen LogP contribution in [0.4, 0.5) is 5.95 Å². The Balaban J connectivity index is 1.49. The zero-order valence-electron chi connectivity index (χ0n) is 18.6. The maximum absolute atomic E-state index is 12.8. The van der Waals surface area contributed by atoms with Gasteiger partial charge >= 0.3 is 0 Å². The highest BCUT2D eigenvalue weighted by Crippen LogP contribution is 2.30. The molecule has 3 aromatic rings. The van der Waals surface area contributed by atoms with Crippen LogP contribution in [0.3, 0.4) is 0 Å². The number of benzene rings is 2. The second-order valence-corrected chi connectivity index (χ2v) is 8.55. The first-order valence-electron chi connectivity index (χ1n) is 10.9. The quantitative estimate of drug-likeness (QED) is 0.597. The molecule has 0 spiro atoms. The molecule has 5 heteroatoms. The Labute approximate surface area is 184 Å². The van der Waals surface area contributed by atoms with Crippen molar-refractivity contribution in [1.29, 1.82) is 0 Å². The van der Waals surface area contributed by atoms with Gasteiger partial charge in [-0.2, -0.15) is 0 Å². The molecule has 2 heterocycles. The molecule has 0 radical (unpaired) electrons. The maximum Gasteiger partial charge on any atom is 0.225 e. The van der Waals surface area contributed by atoms with Gasteiger partial charge in [0.2, 0.25) is 11.9 Å². The SMILES string of the molecule is Cc1ccc(-c2cc(C3CCN(C(=O)CCc4ccccc4)C3)nc(N(C)C)n2)cc1. The van der Waals surface area contributed by atoms with E-state index in [1.807, 2.05) is 42.1 Å². The number of carbonyl (C=O) groups excluding carboxylic acids is 1. The minimum Gasteiger partial charge on any atom is -0.347 e.